The number of anilines is 1. The van der Waals surface area contributed by atoms with Crippen molar-refractivity contribution in [1.82, 2.24) is 5.32 Å². The third-order valence-electron chi connectivity index (χ3n) is 6.33. The average molecular weight is 461 g/mol. The van der Waals surface area contributed by atoms with Gasteiger partial charge in [0.2, 0.25) is 0 Å². The molecule has 1 aliphatic rings. The molecule has 0 spiro atoms. The summed E-state index contributed by atoms with van der Waals surface area (Å²) in [7, 11) is 1.66. The smallest absolute Gasteiger partial charge is 0.251 e. The first kappa shape index (κ1) is 25.3. The Hall–Kier alpha value is -3.37. The number of ether oxygens (including phenoxy) is 1. The molecule has 34 heavy (non-hydrogen) atoms. The molecule has 2 aromatic rings. The SMILES string of the molecule is C=CC=Cc1c(N)ccc(C)c1C1=C(C(=C)c2ccc(C(=O)NCCCOC)cc2)CCCC1.[HH].[HH]. The van der Waals surface area contributed by atoms with Crippen LogP contribution in [0.15, 0.2) is 67.3 Å². The van der Waals surface area contributed by atoms with E-state index >= 15 is 0 Å². The molecule has 0 radical (unpaired) electrons. The molecule has 0 atom stereocenters. The second kappa shape index (κ2) is 12.2. The highest BCUT2D eigenvalue weighted by Crippen LogP contribution is 2.42. The molecule has 0 unspecified atom stereocenters. The van der Waals surface area contributed by atoms with E-state index in [1.807, 2.05) is 42.5 Å². The van der Waals surface area contributed by atoms with E-state index in [0.717, 1.165) is 54.5 Å². The minimum atomic E-state index is -0.0696. The van der Waals surface area contributed by atoms with Crippen LogP contribution in [0, 0.1) is 6.92 Å². The number of hydrogen-bond acceptors (Lipinski definition) is 3. The summed E-state index contributed by atoms with van der Waals surface area (Å²) < 4.78 is 5.03. The summed E-state index contributed by atoms with van der Waals surface area (Å²) in [4.78, 5) is 12.4. The van der Waals surface area contributed by atoms with Crippen LogP contribution >= 0.6 is 0 Å². The molecule has 0 saturated carbocycles. The Labute approximate surface area is 206 Å². The Balaban J connectivity index is 0.00000324. The Morgan fingerprint density at radius 3 is 2.56 bits per heavy atom. The number of aryl methyl sites for hydroxylation is 1. The number of nitrogens with two attached hydrogens (primary N) is 1. The molecule has 0 heterocycles. The lowest BCUT2D eigenvalue weighted by Crippen LogP contribution is -2.25. The highest BCUT2D eigenvalue weighted by molar-refractivity contribution is 5.96. The van der Waals surface area contributed by atoms with Gasteiger partial charge in [0.05, 0.1) is 0 Å². The highest BCUT2D eigenvalue weighted by atomic mass is 16.5. The molecule has 3 N–H and O–H groups in total. The van der Waals surface area contributed by atoms with Crippen LogP contribution < -0.4 is 11.1 Å². The number of hydrogen-bond donors (Lipinski definition) is 2. The first-order valence-corrected chi connectivity index (χ1v) is 11.9. The maximum atomic E-state index is 12.4. The lowest BCUT2D eigenvalue weighted by Gasteiger charge is -2.26. The van der Waals surface area contributed by atoms with Crippen molar-refractivity contribution in [1.29, 1.82) is 0 Å². The summed E-state index contributed by atoms with van der Waals surface area (Å²) in [5.41, 5.74) is 15.9. The second-order valence-electron chi connectivity index (χ2n) is 8.68. The maximum absolute atomic E-state index is 12.4. The van der Waals surface area contributed by atoms with E-state index in [9.17, 15) is 4.79 Å². The fourth-order valence-electron chi connectivity index (χ4n) is 4.52. The van der Waals surface area contributed by atoms with Crippen LogP contribution in [0.3, 0.4) is 0 Å². The zero-order valence-electron chi connectivity index (χ0n) is 20.5. The van der Waals surface area contributed by atoms with Crippen molar-refractivity contribution in [3.63, 3.8) is 0 Å². The number of rotatable bonds is 10. The van der Waals surface area contributed by atoms with Gasteiger partial charge in [0.15, 0.2) is 0 Å². The number of nitrogen functional groups attached to an aromatic ring is 1. The number of allylic oxidation sites excluding steroid dienone is 5. The molecule has 4 nitrogen and oxygen atoms in total. The van der Waals surface area contributed by atoms with E-state index in [2.05, 4.69) is 31.5 Å². The van der Waals surface area contributed by atoms with E-state index in [0.29, 0.717) is 18.7 Å². The van der Waals surface area contributed by atoms with Crippen molar-refractivity contribution in [3.05, 3.63) is 95.1 Å². The van der Waals surface area contributed by atoms with Gasteiger partial charge in [-0.15, -0.1) is 0 Å². The minimum absolute atomic E-state index is 0. The minimum Gasteiger partial charge on any atom is -0.398 e. The fourth-order valence-corrected chi connectivity index (χ4v) is 4.52. The standard InChI is InChI=1S/C30H36N2O2.2H2/c1-5-6-10-27-28(31)18-13-21(2)29(27)26-12-8-7-11-25(26)22(3)23-14-16-24(17-15-23)30(33)32-19-9-20-34-4;;/h5-6,10,13-18H,1,3,7-9,11-12,19-20,31H2,2,4H3,(H,32,33);2*1H. The maximum Gasteiger partial charge on any atom is 0.251 e. The third kappa shape index (κ3) is 5.95. The van der Waals surface area contributed by atoms with Crippen LogP contribution in [0.2, 0.25) is 0 Å². The molecule has 4 heteroatoms. The van der Waals surface area contributed by atoms with Crippen LogP contribution in [0.25, 0.3) is 17.2 Å². The quantitative estimate of drug-likeness (QED) is 0.226. The third-order valence-corrected chi connectivity index (χ3v) is 6.33. The Bertz CT molecular complexity index is 1120. The summed E-state index contributed by atoms with van der Waals surface area (Å²) in [6.07, 6.45) is 10.8. The number of amides is 1. The normalized spacial score (nSPS) is 13.8. The molecular formula is C30H40N2O2. The van der Waals surface area contributed by atoms with Crippen LogP contribution in [0.4, 0.5) is 5.69 Å². The lowest BCUT2D eigenvalue weighted by atomic mass is 9.79. The summed E-state index contributed by atoms with van der Waals surface area (Å²) in [5.74, 6) is -0.0696. The average Bonchev–Trinajstić information content (AvgIpc) is 2.86. The number of nitrogens with one attached hydrogen (secondary N) is 1. The van der Waals surface area contributed by atoms with Crippen molar-refractivity contribution in [3.8, 4) is 0 Å². The predicted octanol–water partition coefficient (Wildman–Crippen LogP) is 7.08. The van der Waals surface area contributed by atoms with Gasteiger partial charge in [-0.1, -0.05) is 49.6 Å². The van der Waals surface area contributed by atoms with Crippen LogP contribution in [-0.4, -0.2) is 26.2 Å². The molecule has 0 aliphatic heterocycles. The molecule has 1 aliphatic carbocycles. The van der Waals surface area contributed by atoms with E-state index in [-0.39, 0.29) is 8.76 Å². The molecule has 1 amide bonds. The first-order chi connectivity index (χ1) is 16.5. The number of methoxy groups -OCH3 is 1. The van der Waals surface area contributed by atoms with Gasteiger partial charge in [-0.25, -0.2) is 0 Å². The van der Waals surface area contributed by atoms with E-state index < -0.39 is 0 Å². The second-order valence-corrected chi connectivity index (χ2v) is 8.68. The Morgan fingerprint density at radius 1 is 1.15 bits per heavy atom. The lowest BCUT2D eigenvalue weighted by molar-refractivity contribution is 0.0948. The molecule has 182 valence electrons. The van der Waals surface area contributed by atoms with Gasteiger partial charge in [0.1, 0.15) is 0 Å². The largest absolute Gasteiger partial charge is 0.398 e. The van der Waals surface area contributed by atoms with E-state index in [1.54, 1.807) is 13.2 Å². The van der Waals surface area contributed by atoms with E-state index in [1.165, 1.54) is 22.3 Å². The van der Waals surface area contributed by atoms with Gasteiger partial charge in [0, 0.05) is 39.9 Å². The molecule has 0 fully saturated rings. The molecule has 0 aromatic heterocycles. The molecular weight excluding hydrogens is 420 g/mol. The number of benzene rings is 2. The summed E-state index contributed by atoms with van der Waals surface area (Å²) in [6, 6.07) is 11.8. The van der Waals surface area contributed by atoms with Crippen molar-refractivity contribution >= 4 is 28.8 Å². The summed E-state index contributed by atoms with van der Waals surface area (Å²) in [6.45, 7) is 11.7. The van der Waals surface area contributed by atoms with Crippen LogP contribution in [0.1, 0.15) is 67.6 Å². The summed E-state index contributed by atoms with van der Waals surface area (Å²) >= 11 is 0. The number of carbonyl (C=O) groups is 1. The van der Waals surface area contributed by atoms with Crippen molar-refractivity contribution < 1.29 is 12.4 Å². The summed E-state index contributed by atoms with van der Waals surface area (Å²) in [5, 5.41) is 2.93. The first-order valence-electron chi connectivity index (χ1n) is 11.9. The Morgan fingerprint density at radius 2 is 1.85 bits per heavy atom. The van der Waals surface area contributed by atoms with E-state index in [4.69, 9.17) is 10.5 Å². The van der Waals surface area contributed by atoms with Crippen molar-refractivity contribution in [2.45, 2.75) is 39.0 Å². The van der Waals surface area contributed by atoms with Crippen LogP contribution in [0.5, 0.6) is 0 Å². The Kier molecular flexibility index (Phi) is 9.06. The van der Waals surface area contributed by atoms with Gasteiger partial charge in [-0.2, -0.15) is 0 Å². The van der Waals surface area contributed by atoms with Crippen molar-refractivity contribution in [2.24, 2.45) is 0 Å². The monoisotopic (exact) mass is 460 g/mol. The van der Waals surface area contributed by atoms with Gasteiger partial charge >= 0.3 is 0 Å². The van der Waals surface area contributed by atoms with Gasteiger partial charge < -0.3 is 15.8 Å². The molecule has 2 aromatic carbocycles. The van der Waals surface area contributed by atoms with Gasteiger partial charge in [-0.05, 0) is 90.6 Å². The number of carbonyl (C=O) groups excluding carboxylic acids is 1. The zero-order chi connectivity index (χ0) is 24.5. The molecule has 0 bridgehead atoms. The predicted molar refractivity (Wildman–Crippen MR) is 149 cm³/mol. The highest BCUT2D eigenvalue weighted by Gasteiger charge is 2.21. The topological polar surface area (TPSA) is 64.4 Å². The van der Waals surface area contributed by atoms with Crippen LogP contribution in [-0.2, 0) is 4.74 Å². The van der Waals surface area contributed by atoms with Crippen molar-refractivity contribution in [2.75, 3.05) is 26.0 Å². The van der Waals surface area contributed by atoms with Gasteiger partial charge in [-0.3, -0.25) is 4.79 Å². The molecule has 3 rings (SSSR count). The van der Waals surface area contributed by atoms with Gasteiger partial charge in [0.25, 0.3) is 5.91 Å². The zero-order valence-corrected chi connectivity index (χ0v) is 20.5. The molecule has 0 saturated heterocycles. The fraction of sp³-hybridized carbons (Fsp3) is 0.300.